The number of halogens is 1. The minimum absolute atomic E-state index is 0.194. The zero-order chi connectivity index (χ0) is 11.4. The molecule has 0 amide bonds. The maximum absolute atomic E-state index is 11.5. The molecule has 0 aliphatic rings. The van der Waals surface area contributed by atoms with Crippen LogP contribution >= 0.6 is 15.9 Å². The van der Waals surface area contributed by atoms with Crippen molar-refractivity contribution in [3.8, 4) is 0 Å². The van der Waals surface area contributed by atoms with Gasteiger partial charge in [0.05, 0.1) is 0 Å². The molecule has 0 unspecified atom stereocenters. The van der Waals surface area contributed by atoms with Crippen molar-refractivity contribution < 1.29 is 14.3 Å². The Hall–Kier alpha value is -1.16. The molecule has 0 spiro atoms. The number of Topliss-reactive ketones (excluding diaryl/α,β-unsaturated/α-hetero) is 1. The average Bonchev–Trinajstić information content (AvgIpc) is 2.18. The van der Waals surface area contributed by atoms with Crippen molar-refractivity contribution in [1.29, 1.82) is 0 Å². The number of esters is 1. The molecule has 1 aromatic rings. The van der Waals surface area contributed by atoms with Gasteiger partial charge in [0.15, 0.2) is 12.4 Å². The van der Waals surface area contributed by atoms with Gasteiger partial charge in [-0.25, -0.2) is 0 Å². The van der Waals surface area contributed by atoms with Gasteiger partial charge in [0.2, 0.25) is 0 Å². The predicted octanol–water partition coefficient (Wildman–Crippen LogP) is 2.50. The van der Waals surface area contributed by atoms with E-state index in [1.807, 2.05) is 6.92 Å². The third-order valence-electron chi connectivity index (χ3n) is 1.89. The SMILES string of the molecule is CC(=O)OCC(=O)c1ccc(Br)c(C)c1. The van der Waals surface area contributed by atoms with Gasteiger partial charge in [-0.2, -0.15) is 0 Å². The van der Waals surface area contributed by atoms with Gasteiger partial charge in [-0.1, -0.05) is 22.0 Å². The Balaban J connectivity index is 2.74. The first-order valence-corrected chi connectivity index (χ1v) is 5.22. The summed E-state index contributed by atoms with van der Waals surface area (Å²) in [6.45, 7) is 2.98. The molecular weight excluding hydrogens is 260 g/mol. The van der Waals surface area contributed by atoms with E-state index in [2.05, 4.69) is 20.7 Å². The second-order valence-corrected chi connectivity index (χ2v) is 4.02. The van der Waals surface area contributed by atoms with Crippen molar-refractivity contribution >= 4 is 27.7 Å². The van der Waals surface area contributed by atoms with Crippen LogP contribution in [0.3, 0.4) is 0 Å². The van der Waals surface area contributed by atoms with Crippen LogP contribution in [0.1, 0.15) is 22.8 Å². The molecule has 80 valence electrons. The first-order chi connectivity index (χ1) is 7.00. The number of carbonyl (C=O) groups is 2. The average molecular weight is 271 g/mol. The van der Waals surface area contributed by atoms with Gasteiger partial charge in [-0.3, -0.25) is 9.59 Å². The molecule has 15 heavy (non-hydrogen) atoms. The molecular formula is C11H11BrO3. The molecule has 0 fully saturated rings. The first kappa shape index (κ1) is 11.9. The fourth-order valence-electron chi connectivity index (χ4n) is 1.07. The van der Waals surface area contributed by atoms with E-state index in [0.29, 0.717) is 5.56 Å². The summed E-state index contributed by atoms with van der Waals surface area (Å²) in [7, 11) is 0. The molecule has 0 saturated carbocycles. The highest BCUT2D eigenvalue weighted by Gasteiger charge is 2.08. The van der Waals surface area contributed by atoms with Crippen molar-refractivity contribution in [2.45, 2.75) is 13.8 Å². The highest BCUT2D eigenvalue weighted by atomic mass is 79.9. The Morgan fingerprint density at radius 2 is 2.07 bits per heavy atom. The summed E-state index contributed by atoms with van der Waals surface area (Å²) in [5.41, 5.74) is 1.53. The van der Waals surface area contributed by atoms with Crippen LogP contribution in [0.5, 0.6) is 0 Å². The zero-order valence-electron chi connectivity index (χ0n) is 8.54. The van der Waals surface area contributed by atoms with Crippen LogP contribution in [0.2, 0.25) is 0 Å². The number of hydrogen-bond acceptors (Lipinski definition) is 3. The number of ketones is 1. The number of aryl methyl sites for hydroxylation is 1. The van der Waals surface area contributed by atoms with Crippen molar-refractivity contribution in [2.75, 3.05) is 6.61 Å². The maximum Gasteiger partial charge on any atom is 0.303 e. The van der Waals surface area contributed by atoms with Gasteiger partial charge >= 0.3 is 5.97 Å². The Morgan fingerprint density at radius 3 is 2.60 bits per heavy atom. The molecule has 0 radical (unpaired) electrons. The van der Waals surface area contributed by atoms with E-state index in [1.165, 1.54) is 6.92 Å². The third kappa shape index (κ3) is 3.47. The molecule has 0 aliphatic heterocycles. The lowest BCUT2D eigenvalue weighted by atomic mass is 10.1. The molecule has 0 heterocycles. The first-order valence-electron chi connectivity index (χ1n) is 4.43. The molecule has 1 aromatic carbocycles. The molecule has 0 N–H and O–H groups in total. The Labute approximate surface area is 96.6 Å². The van der Waals surface area contributed by atoms with Gasteiger partial charge in [0, 0.05) is 17.0 Å². The standard InChI is InChI=1S/C11H11BrO3/c1-7-5-9(3-4-10(7)12)11(14)6-15-8(2)13/h3-5H,6H2,1-2H3. The summed E-state index contributed by atoms with van der Waals surface area (Å²) in [4.78, 5) is 22.0. The van der Waals surface area contributed by atoms with Gasteiger partial charge in [0.25, 0.3) is 0 Å². The van der Waals surface area contributed by atoms with E-state index in [-0.39, 0.29) is 12.4 Å². The predicted molar refractivity (Wildman–Crippen MR) is 59.8 cm³/mol. The van der Waals surface area contributed by atoms with Crippen LogP contribution in [-0.2, 0) is 9.53 Å². The number of hydrogen-bond donors (Lipinski definition) is 0. The topological polar surface area (TPSA) is 43.4 Å². The van der Waals surface area contributed by atoms with E-state index < -0.39 is 5.97 Å². The molecule has 0 bridgehead atoms. The normalized spacial score (nSPS) is 9.80. The molecule has 0 aliphatic carbocycles. The molecule has 3 nitrogen and oxygen atoms in total. The molecule has 1 rings (SSSR count). The van der Waals surface area contributed by atoms with Crippen molar-refractivity contribution in [3.05, 3.63) is 33.8 Å². The van der Waals surface area contributed by atoms with E-state index >= 15 is 0 Å². The molecule has 4 heteroatoms. The monoisotopic (exact) mass is 270 g/mol. The minimum atomic E-state index is -0.447. The highest BCUT2D eigenvalue weighted by Crippen LogP contribution is 2.17. The van der Waals surface area contributed by atoms with Gasteiger partial charge in [0.1, 0.15) is 0 Å². The van der Waals surface area contributed by atoms with Gasteiger partial charge in [-0.15, -0.1) is 0 Å². The van der Waals surface area contributed by atoms with Crippen LogP contribution in [-0.4, -0.2) is 18.4 Å². The quantitative estimate of drug-likeness (QED) is 0.626. The third-order valence-corrected chi connectivity index (χ3v) is 2.78. The molecule has 0 atom stereocenters. The minimum Gasteiger partial charge on any atom is -0.457 e. The molecule has 0 saturated heterocycles. The maximum atomic E-state index is 11.5. The van der Waals surface area contributed by atoms with Gasteiger partial charge < -0.3 is 4.74 Å². The summed E-state index contributed by atoms with van der Waals surface area (Å²) >= 11 is 3.34. The van der Waals surface area contributed by atoms with Crippen molar-refractivity contribution in [1.82, 2.24) is 0 Å². The van der Waals surface area contributed by atoms with E-state index in [4.69, 9.17) is 0 Å². The number of rotatable bonds is 3. The fraction of sp³-hybridized carbons (Fsp3) is 0.273. The van der Waals surface area contributed by atoms with E-state index in [0.717, 1.165) is 10.0 Å². The lowest BCUT2D eigenvalue weighted by Crippen LogP contribution is -2.11. The van der Waals surface area contributed by atoms with Crippen LogP contribution in [0.25, 0.3) is 0 Å². The summed E-state index contributed by atoms with van der Waals surface area (Å²) in [5.74, 6) is -0.641. The Morgan fingerprint density at radius 1 is 1.40 bits per heavy atom. The van der Waals surface area contributed by atoms with Crippen LogP contribution in [0.15, 0.2) is 22.7 Å². The zero-order valence-corrected chi connectivity index (χ0v) is 10.1. The van der Waals surface area contributed by atoms with Crippen LogP contribution in [0.4, 0.5) is 0 Å². The second-order valence-electron chi connectivity index (χ2n) is 3.17. The van der Waals surface area contributed by atoms with Gasteiger partial charge in [-0.05, 0) is 24.6 Å². The largest absolute Gasteiger partial charge is 0.457 e. The van der Waals surface area contributed by atoms with Crippen molar-refractivity contribution in [2.24, 2.45) is 0 Å². The summed E-state index contributed by atoms with van der Waals surface area (Å²) in [5, 5.41) is 0. The number of benzene rings is 1. The Kier molecular flexibility index (Phi) is 4.03. The summed E-state index contributed by atoms with van der Waals surface area (Å²) in [6.07, 6.45) is 0. The Bertz CT molecular complexity index is 399. The summed E-state index contributed by atoms with van der Waals surface area (Å²) < 4.78 is 5.58. The van der Waals surface area contributed by atoms with Crippen molar-refractivity contribution in [3.63, 3.8) is 0 Å². The van der Waals surface area contributed by atoms with Crippen LogP contribution < -0.4 is 0 Å². The second kappa shape index (κ2) is 5.07. The lowest BCUT2D eigenvalue weighted by molar-refractivity contribution is -0.139. The van der Waals surface area contributed by atoms with Crippen LogP contribution in [0, 0.1) is 6.92 Å². The van der Waals surface area contributed by atoms with E-state index in [9.17, 15) is 9.59 Å². The lowest BCUT2D eigenvalue weighted by Gasteiger charge is -2.03. The number of ether oxygens (including phenoxy) is 1. The summed E-state index contributed by atoms with van der Waals surface area (Å²) in [6, 6.07) is 5.26. The fourth-order valence-corrected chi connectivity index (χ4v) is 1.32. The highest BCUT2D eigenvalue weighted by molar-refractivity contribution is 9.10. The smallest absolute Gasteiger partial charge is 0.303 e. The van der Waals surface area contributed by atoms with E-state index in [1.54, 1.807) is 18.2 Å². The number of carbonyl (C=O) groups excluding carboxylic acids is 2. The molecule has 0 aromatic heterocycles.